The predicted molar refractivity (Wildman–Crippen MR) is 65.1 cm³/mol. The van der Waals surface area contributed by atoms with E-state index in [1.165, 1.54) is 6.20 Å². The van der Waals surface area contributed by atoms with E-state index in [2.05, 4.69) is 19.9 Å². The van der Waals surface area contributed by atoms with Crippen LogP contribution in [0.4, 0.5) is 0 Å². The Morgan fingerprint density at radius 1 is 1.50 bits per heavy atom. The van der Waals surface area contributed by atoms with Crippen LogP contribution in [0.2, 0.25) is 0 Å². The first kappa shape index (κ1) is 12.5. The molecule has 0 spiro atoms. The molecule has 0 aliphatic carbocycles. The summed E-state index contributed by atoms with van der Waals surface area (Å²) in [4.78, 5) is 26.8. The molecule has 2 heterocycles. The van der Waals surface area contributed by atoms with Crippen molar-refractivity contribution in [2.45, 2.75) is 12.8 Å². The average molecular weight is 267 g/mol. The number of esters is 1. The van der Waals surface area contributed by atoms with Crippen molar-refractivity contribution in [3.8, 4) is 11.6 Å². The fraction of sp³-hybridized carbons (Fsp3) is 0.273. The zero-order chi connectivity index (χ0) is 13.0. The molecule has 0 saturated heterocycles. The van der Waals surface area contributed by atoms with Gasteiger partial charge in [0.05, 0.1) is 18.2 Å². The van der Waals surface area contributed by atoms with E-state index in [1.807, 2.05) is 0 Å². The number of nitrogens with one attached hydrogen (secondary N) is 1. The van der Waals surface area contributed by atoms with E-state index in [0.717, 1.165) is 0 Å². The van der Waals surface area contributed by atoms with Gasteiger partial charge in [-0.15, -0.1) is 11.6 Å². The fourth-order valence-corrected chi connectivity index (χ4v) is 1.60. The topological polar surface area (TPSA) is 80.8 Å². The highest BCUT2D eigenvalue weighted by atomic mass is 35.5. The predicted octanol–water partition coefficient (Wildman–Crippen LogP) is 1.78. The summed E-state index contributed by atoms with van der Waals surface area (Å²) in [7, 11) is 0. The Morgan fingerprint density at radius 2 is 2.33 bits per heavy atom. The summed E-state index contributed by atoms with van der Waals surface area (Å²) < 4.78 is 4.90. The van der Waals surface area contributed by atoms with Crippen LogP contribution in [0.5, 0.6) is 0 Å². The third kappa shape index (κ3) is 2.48. The van der Waals surface area contributed by atoms with Crippen LogP contribution in [-0.2, 0) is 10.6 Å². The quantitative estimate of drug-likeness (QED) is 0.674. The van der Waals surface area contributed by atoms with E-state index >= 15 is 0 Å². The van der Waals surface area contributed by atoms with Crippen molar-refractivity contribution in [2.75, 3.05) is 6.61 Å². The van der Waals surface area contributed by atoms with Gasteiger partial charge in [-0.1, -0.05) is 0 Å². The van der Waals surface area contributed by atoms with E-state index < -0.39 is 5.97 Å². The van der Waals surface area contributed by atoms with Crippen molar-refractivity contribution in [1.29, 1.82) is 0 Å². The van der Waals surface area contributed by atoms with Crippen LogP contribution in [0, 0.1) is 0 Å². The molecule has 0 radical (unpaired) electrons. The molecule has 0 aromatic carbocycles. The summed E-state index contributed by atoms with van der Waals surface area (Å²) in [6, 6.07) is 0. The number of hydrogen-bond donors (Lipinski definition) is 1. The third-order valence-electron chi connectivity index (χ3n) is 2.20. The molecular weight excluding hydrogens is 256 g/mol. The highest BCUT2D eigenvalue weighted by molar-refractivity contribution is 6.17. The molecule has 0 aliphatic heterocycles. The number of aromatic amines is 1. The number of alkyl halides is 1. The van der Waals surface area contributed by atoms with Gasteiger partial charge in [-0.25, -0.2) is 19.7 Å². The molecule has 2 aromatic heterocycles. The highest BCUT2D eigenvalue weighted by Gasteiger charge is 2.16. The molecule has 0 fully saturated rings. The Hall–Kier alpha value is -1.95. The minimum Gasteiger partial charge on any atom is -0.462 e. The van der Waals surface area contributed by atoms with Crippen LogP contribution in [0.15, 0.2) is 18.6 Å². The van der Waals surface area contributed by atoms with Gasteiger partial charge in [0, 0.05) is 18.6 Å². The summed E-state index contributed by atoms with van der Waals surface area (Å²) >= 11 is 5.78. The Kier molecular flexibility index (Phi) is 3.88. The first-order chi connectivity index (χ1) is 8.76. The number of H-pyrrole nitrogens is 1. The second-order valence-corrected chi connectivity index (χ2v) is 3.61. The number of nitrogens with zero attached hydrogens (tertiary/aromatic N) is 3. The fourth-order valence-electron chi connectivity index (χ4n) is 1.40. The molecule has 2 rings (SSSR count). The Morgan fingerprint density at radius 3 is 2.94 bits per heavy atom. The lowest BCUT2D eigenvalue weighted by atomic mass is 10.2. The lowest BCUT2D eigenvalue weighted by molar-refractivity contribution is 0.0524. The molecule has 0 saturated carbocycles. The largest absolute Gasteiger partial charge is 0.462 e. The molecular formula is C11H11ClN4O2. The van der Waals surface area contributed by atoms with Gasteiger partial charge < -0.3 is 9.72 Å². The molecule has 18 heavy (non-hydrogen) atoms. The number of aromatic nitrogens is 4. The van der Waals surface area contributed by atoms with Gasteiger partial charge in [0.25, 0.3) is 0 Å². The second-order valence-electron chi connectivity index (χ2n) is 3.35. The van der Waals surface area contributed by atoms with E-state index in [4.69, 9.17) is 16.3 Å². The van der Waals surface area contributed by atoms with Gasteiger partial charge in [-0.05, 0) is 6.92 Å². The third-order valence-corrected chi connectivity index (χ3v) is 2.45. The van der Waals surface area contributed by atoms with Crippen LogP contribution >= 0.6 is 11.6 Å². The van der Waals surface area contributed by atoms with Crippen molar-refractivity contribution in [1.82, 2.24) is 19.9 Å². The van der Waals surface area contributed by atoms with Crippen LogP contribution in [0.3, 0.4) is 0 Å². The maximum Gasteiger partial charge on any atom is 0.341 e. The summed E-state index contributed by atoms with van der Waals surface area (Å²) in [5.74, 6) is 0.546. The van der Waals surface area contributed by atoms with Crippen LogP contribution in [0.25, 0.3) is 11.6 Å². The number of imidazole rings is 1. The van der Waals surface area contributed by atoms with Crippen molar-refractivity contribution in [3.05, 3.63) is 29.8 Å². The first-order valence-electron chi connectivity index (χ1n) is 5.35. The zero-order valence-corrected chi connectivity index (χ0v) is 10.4. The number of hydrogen-bond acceptors (Lipinski definition) is 5. The van der Waals surface area contributed by atoms with Crippen molar-refractivity contribution >= 4 is 17.6 Å². The second kappa shape index (κ2) is 5.59. The van der Waals surface area contributed by atoms with Gasteiger partial charge >= 0.3 is 5.97 Å². The van der Waals surface area contributed by atoms with E-state index in [1.54, 1.807) is 19.3 Å². The van der Waals surface area contributed by atoms with Gasteiger partial charge in [0.2, 0.25) is 0 Å². The lowest BCUT2D eigenvalue weighted by Gasteiger charge is -2.06. The van der Waals surface area contributed by atoms with Crippen LogP contribution in [0.1, 0.15) is 23.0 Å². The van der Waals surface area contributed by atoms with Crippen LogP contribution in [-0.4, -0.2) is 32.5 Å². The summed E-state index contributed by atoms with van der Waals surface area (Å²) in [5.41, 5.74) is 0.707. The summed E-state index contributed by atoms with van der Waals surface area (Å²) in [5, 5.41) is 0. The van der Waals surface area contributed by atoms with Gasteiger partial charge in [-0.2, -0.15) is 0 Å². The molecule has 1 N–H and O–H groups in total. The van der Waals surface area contributed by atoms with E-state index in [0.29, 0.717) is 23.9 Å². The molecule has 0 aliphatic rings. The molecule has 7 heteroatoms. The van der Waals surface area contributed by atoms with Crippen molar-refractivity contribution < 1.29 is 9.53 Å². The first-order valence-corrected chi connectivity index (χ1v) is 5.88. The number of ether oxygens (including phenoxy) is 1. The van der Waals surface area contributed by atoms with E-state index in [-0.39, 0.29) is 11.4 Å². The monoisotopic (exact) mass is 266 g/mol. The molecule has 94 valence electrons. The molecule has 2 aromatic rings. The number of carbonyl (C=O) groups is 1. The zero-order valence-electron chi connectivity index (χ0n) is 9.68. The Labute approximate surface area is 108 Å². The standard InChI is InChI=1S/C11H11ClN4O2/c1-2-18-11(17)7-6-15-10(16-8(7)5-12)9-13-3-4-14-9/h3-4,6H,2,5H2,1H3,(H,13,14). The minimum atomic E-state index is -0.473. The maximum absolute atomic E-state index is 11.6. The molecule has 0 unspecified atom stereocenters. The number of carbonyl (C=O) groups excluding carboxylic acids is 1. The average Bonchev–Trinajstić information content (AvgIpc) is 2.92. The molecule has 0 bridgehead atoms. The Balaban J connectivity index is 2.37. The van der Waals surface area contributed by atoms with Crippen molar-refractivity contribution in [2.24, 2.45) is 0 Å². The molecule has 0 amide bonds. The normalized spacial score (nSPS) is 10.3. The smallest absolute Gasteiger partial charge is 0.341 e. The molecule has 0 atom stereocenters. The number of rotatable bonds is 4. The highest BCUT2D eigenvalue weighted by Crippen LogP contribution is 2.15. The van der Waals surface area contributed by atoms with Gasteiger partial charge in [-0.3, -0.25) is 0 Å². The van der Waals surface area contributed by atoms with Gasteiger partial charge in [0.1, 0.15) is 5.56 Å². The van der Waals surface area contributed by atoms with E-state index in [9.17, 15) is 4.79 Å². The van der Waals surface area contributed by atoms with Crippen molar-refractivity contribution in [3.63, 3.8) is 0 Å². The maximum atomic E-state index is 11.6. The van der Waals surface area contributed by atoms with Gasteiger partial charge in [0.15, 0.2) is 11.6 Å². The minimum absolute atomic E-state index is 0.102. The number of halogens is 1. The van der Waals surface area contributed by atoms with Crippen LogP contribution < -0.4 is 0 Å². The molecule has 6 nitrogen and oxygen atoms in total. The SMILES string of the molecule is CCOC(=O)c1cnc(-c2ncc[nH]2)nc1CCl. The Bertz CT molecular complexity index is 542. The lowest BCUT2D eigenvalue weighted by Crippen LogP contribution is -2.10. The summed E-state index contributed by atoms with van der Waals surface area (Å²) in [6.45, 7) is 2.02. The summed E-state index contributed by atoms with van der Waals surface area (Å²) in [6.07, 6.45) is 4.66.